The molecule has 0 N–H and O–H groups in total. The predicted molar refractivity (Wildman–Crippen MR) is 94.2 cm³/mol. The molecule has 0 aliphatic carbocycles. The van der Waals surface area contributed by atoms with E-state index in [2.05, 4.69) is 32.8 Å². The minimum atomic E-state index is -0.269. The second kappa shape index (κ2) is 5.04. The topological polar surface area (TPSA) is 40.0 Å². The minimum absolute atomic E-state index is 0.269. The van der Waals surface area contributed by atoms with Gasteiger partial charge in [0.15, 0.2) is 5.82 Å². The quantitative estimate of drug-likeness (QED) is 0.493. The van der Waals surface area contributed by atoms with Gasteiger partial charge in [-0.25, -0.2) is 8.91 Å². The van der Waals surface area contributed by atoms with Gasteiger partial charge in [0.1, 0.15) is 11.6 Å². The van der Waals surface area contributed by atoms with Crippen molar-refractivity contribution in [1.82, 2.24) is 23.7 Å². The van der Waals surface area contributed by atoms with Gasteiger partial charge in [0.25, 0.3) is 0 Å². The first-order valence-corrected chi connectivity index (χ1v) is 7.95. The van der Waals surface area contributed by atoms with Crippen LogP contribution in [0, 0.1) is 5.82 Å². The lowest BCUT2D eigenvalue weighted by Gasteiger charge is -2.05. The molecule has 0 amide bonds. The molecule has 3 heterocycles. The van der Waals surface area contributed by atoms with Gasteiger partial charge in [-0.2, -0.15) is 4.98 Å². The molecule has 5 rings (SSSR count). The Morgan fingerprint density at radius 3 is 2.56 bits per heavy atom. The van der Waals surface area contributed by atoms with Crippen LogP contribution >= 0.6 is 0 Å². The van der Waals surface area contributed by atoms with E-state index in [1.165, 1.54) is 17.5 Å². The van der Waals surface area contributed by atoms with Gasteiger partial charge in [-0.05, 0) is 41.8 Å². The maximum Gasteiger partial charge on any atom is 0.234 e. The average molecular weight is 331 g/mol. The highest BCUT2D eigenvalue weighted by Gasteiger charge is 2.14. The zero-order chi connectivity index (χ0) is 17.0. The van der Waals surface area contributed by atoms with E-state index < -0.39 is 0 Å². The highest BCUT2D eigenvalue weighted by atomic mass is 19.1. The van der Waals surface area contributed by atoms with Crippen LogP contribution in [0.15, 0.2) is 67.0 Å². The van der Waals surface area contributed by atoms with Gasteiger partial charge in [-0.1, -0.05) is 18.2 Å². The molecule has 122 valence electrons. The Kier molecular flexibility index (Phi) is 2.82. The Labute approximate surface area is 142 Å². The summed E-state index contributed by atoms with van der Waals surface area (Å²) in [4.78, 5) is 4.60. The molecule has 0 aliphatic heterocycles. The summed E-state index contributed by atoms with van der Waals surface area (Å²) in [7, 11) is 1.96. The largest absolute Gasteiger partial charge is 0.301 e. The Morgan fingerprint density at radius 2 is 1.76 bits per heavy atom. The maximum atomic E-state index is 13.1. The van der Waals surface area contributed by atoms with Gasteiger partial charge in [-0.15, -0.1) is 5.10 Å². The fourth-order valence-corrected chi connectivity index (χ4v) is 3.16. The van der Waals surface area contributed by atoms with E-state index in [4.69, 9.17) is 0 Å². The van der Waals surface area contributed by atoms with Gasteiger partial charge in [0.05, 0.1) is 11.7 Å². The standard InChI is InChI=1S/C19H14FN5/c1-23-17(24-11-10-13-4-2-3-5-16(13)24)12-25-19(23)21-18(22-25)14-6-8-15(20)9-7-14/h2-12H,1H3. The molecule has 5 nitrogen and oxygen atoms in total. The summed E-state index contributed by atoms with van der Waals surface area (Å²) >= 11 is 0. The van der Waals surface area contributed by atoms with Crippen molar-refractivity contribution >= 4 is 16.7 Å². The van der Waals surface area contributed by atoms with Gasteiger partial charge < -0.3 is 4.57 Å². The number of hydrogen-bond donors (Lipinski definition) is 0. The first-order chi connectivity index (χ1) is 12.2. The Morgan fingerprint density at radius 1 is 0.960 bits per heavy atom. The second-order valence-electron chi connectivity index (χ2n) is 5.98. The SMILES string of the molecule is Cn1c(-n2ccc3ccccc32)cn2nc(-c3ccc(F)cc3)nc12. The summed E-state index contributed by atoms with van der Waals surface area (Å²) in [5.74, 6) is 2.01. The molecule has 0 fully saturated rings. The molecule has 0 atom stereocenters. The zero-order valence-corrected chi connectivity index (χ0v) is 13.5. The molecular formula is C19H14FN5. The van der Waals surface area contributed by atoms with Crippen LogP contribution in [0.3, 0.4) is 0 Å². The summed E-state index contributed by atoms with van der Waals surface area (Å²) < 4.78 is 19.0. The van der Waals surface area contributed by atoms with Crippen LogP contribution in [0.1, 0.15) is 0 Å². The van der Waals surface area contributed by atoms with Crippen LogP contribution in [0.5, 0.6) is 0 Å². The minimum Gasteiger partial charge on any atom is -0.301 e. The number of benzene rings is 2. The highest BCUT2D eigenvalue weighted by molar-refractivity contribution is 5.81. The lowest BCUT2D eigenvalue weighted by molar-refractivity contribution is 0.628. The van der Waals surface area contributed by atoms with E-state index in [0.29, 0.717) is 5.82 Å². The van der Waals surface area contributed by atoms with Crippen molar-refractivity contribution in [2.45, 2.75) is 0 Å². The lowest BCUT2D eigenvalue weighted by atomic mass is 10.2. The van der Waals surface area contributed by atoms with Gasteiger partial charge in [0.2, 0.25) is 5.78 Å². The van der Waals surface area contributed by atoms with Crippen molar-refractivity contribution in [2.24, 2.45) is 7.05 Å². The number of para-hydroxylation sites is 1. The van der Waals surface area contributed by atoms with Crippen LogP contribution in [0.2, 0.25) is 0 Å². The Hall–Kier alpha value is -3.41. The Bertz CT molecular complexity index is 1210. The number of aromatic nitrogens is 5. The number of rotatable bonds is 2. The molecular weight excluding hydrogens is 317 g/mol. The monoisotopic (exact) mass is 331 g/mol. The van der Waals surface area contributed by atoms with Gasteiger partial charge >= 0.3 is 0 Å². The number of fused-ring (bicyclic) bond motifs is 2. The first-order valence-electron chi connectivity index (χ1n) is 7.95. The van der Waals surface area contributed by atoms with E-state index in [9.17, 15) is 4.39 Å². The van der Waals surface area contributed by atoms with E-state index in [-0.39, 0.29) is 5.82 Å². The third-order valence-electron chi connectivity index (χ3n) is 4.44. The molecule has 3 aromatic heterocycles. The van der Waals surface area contributed by atoms with Crippen LogP contribution in [0.4, 0.5) is 4.39 Å². The summed E-state index contributed by atoms with van der Waals surface area (Å²) in [6.45, 7) is 0. The number of aryl methyl sites for hydroxylation is 1. The normalized spacial score (nSPS) is 11.6. The molecule has 0 spiro atoms. The summed E-state index contributed by atoms with van der Waals surface area (Å²) in [5.41, 5.74) is 1.92. The van der Waals surface area contributed by atoms with E-state index in [1.807, 2.05) is 36.1 Å². The fourth-order valence-electron chi connectivity index (χ4n) is 3.16. The van der Waals surface area contributed by atoms with Crippen LogP contribution in [0.25, 0.3) is 33.9 Å². The number of nitrogens with zero attached hydrogens (tertiary/aromatic N) is 5. The van der Waals surface area contributed by atoms with Crippen LogP contribution in [-0.4, -0.2) is 23.7 Å². The molecule has 0 bridgehead atoms. The van der Waals surface area contributed by atoms with Crippen molar-refractivity contribution in [2.75, 3.05) is 0 Å². The number of hydrogen-bond acceptors (Lipinski definition) is 2. The molecule has 6 heteroatoms. The van der Waals surface area contributed by atoms with Crippen molar-refractivity contribution in [3.8, 4) is 17.2 Å². The number of halogens is 1. The maximum absolute atomic E-state index is 13.1. The molecule has 0 saturated carbocycles. The predicted octanol–water partition coefficient (Wildman–Crippen LogP) is 3.82. The van der Waals surface area contributed by atoms with Crippen molar-refractivity contribution in [3.63, 3.8) is 0 Å². The smallest absolute Gasteiger partial charge is 0.234 e. The average Bonchev–Trinajstić information content (AvgIpc) is 3.30. The molecule has 0 radical (unpaired) electrons. The van der Waals surface area contributed by atoms with Crippen LogP contribution < -0.4 is 0 Å². The molecule has 2 aromatic carbocycles. The third-order valence-corrected chi connectivity index (χ3v) is 4.44. The van der Waals surface area contributed by atoms with Crippen LogP contribution in [-0.2, 0) is 7.05 Å². The van der Waals surface area contributed by atoms with E-state index in [0.717, 1.165) is 22.7 Å². The summed E-state index contributed by atoms with van der Waals surface area (Å²) in [6.07, 6.45) is 3.99. The molecule has 0 unspecified atom stereocenters. The summed E-state index contributed by atoms with van der Waals surface area (Å²) in [5, 5.41) is 5.71. The third kappa shape index (κ3) is 2.07. The molecule has 0 saturated heterocycles. The zero-order valence-electron chi connectivity index (χ0n) is 13.5. The molecule has 25 heavy (non-hydrogen) atoms. The number of imidazole rings is 1. The molecule has 0 aliphatic rings. The van der Waals surface area contributed by atoms with Gasteiger partial charge in [0, 0.05) is 18.8 Å². The fraction of sp³-hybridized carbons (Fsp3) is 0.0526. The van der Waals surface area contributed by atoms with Crippen molar-refractivity contribution in [1.29, 1.82) is 0 Å². The first kappa shape index (κ1) is 14.0. The van der Waals surface area contributed by atoms with E-state index in [1.54, 1.807) is 16.6 Å². The second-order valence-corrected chi connectivity index (χ2v) is 5.98. The van der Waals surface area contributed by atoms with E-state index >= 15 is 0 Å². The highest BCUT2D eigenvalue weighted by Crippen LogP contribution is 2.23. The lowest BCUT2D eigenvalue weighted by Crippen LogP contribution is -2.00. The molecule has 5 aromatic rings. The summed E-state index contributed by atoms with van der Waals surface area (Å²) in [6, 6.07) is 16.5. The van der Waals surface area contributed by atoms with Gasteiger partial charge in [-0.3, -0.25) is 4.57 Å². The Balaban J connectivity index is 1.65. The van der Waals surface area contributed by atoms with Crippen molar-refractivity contribution < 1.29 is 4.39 Å². The van der Waals surface area contributed by atoms with Crippen molar-refractivity contribution in [3.05, 3.63) is 72.8 Å².